The maximum Gasteiger partial charge on any atom is 0.0650 e. The summed E-state index contributed by atoms with van der Waals surface area (Å²) in [6, 6.07) is 39.4. The topological polar surface area (TPSA) is 8.17 Å². The molecule has 0 saturated carbocycles. The molecule has 1 aromatic heterocycles. The summed E-state index contributed by atoms with van der Waals surface area (Å²) >= 11 is 0. The third-order valence-electron chi connectivity index (χ3n) is 6.90. The van der Waals surface area contributed by atoms with Gasteiger partial charge < -0.3 is 9.47 Å². The summed E-state index contributed by atoms with van der Waals surface area (Å²) in [4.78, 5) is 2.51. The number of anilines is 2. The molecule has 0 N–H and O–H groups in total. The Morgan fingerprint density at radius 1 is 0.562 bits per heavy atom. The highest BCUT2D eigenvalue weighted by Gasteiger charge is 2.38. The van der Waals surface area contributed by atoms with Crippen LogP contribution in [0.5, 0.6) is 0 Å². The Hall–Kier alpha value is -4.04. The predicted molar refractivity (Wildman–Crippen MR) is 133 cm³/mol. The Bertz CT molecular complexity index is 1580. The van der Waals surface area contributed by atoms with Crippen LogP contribution in [0.4, 0.5) is 11.4 Å². The van der Waals surface area contributed by atoms with E-state index in [0.717, 1.165) is 0 Å². The second kappa shape index (κ2) is 6.73. The summed E-state index contributed by atoms with van der Waals surface area (Å²) in [6.07, 6.45) is 4.99. The van der Waals surface area contributed by atoms with Gasteiger partial charge in [-0.1, -0.05) is 78.9 Å². The number of hydrogen-bond acceptors (Lipinski definition) is 1. The second-order valence-corrected chi connectivity index (χ2v) is 8.60. The van der Waals surface area contributed by atoms with Gasteiger partial charge in [-0.15, -0.1) is 0 Å². The highest BCUT2D eigenvalue weighted by molar-refractivity contribution is 5.88. The lowest BCUT2D eigenvalue weighted by molar-refractivity contribution is 0.796. The van der Waals surface area contributed by atoms with Gasteiger partial charge in [-0.25, -0.2) is 0 Å². The van der Waals surface area contributed by atoms with Crippen molar-refractivity contribution in [1.82, 2.24) is 4.57 Å². The molecule has 1 aliphatic carbocycles. The largest absolute Gasteiger partial charge is 0.333 e. The summed E-state index contributed by atoms with van der Waals surface area (Å²) in [5.74, 6) is 0.328. The molecule has 0 bridgehead atoms. The van der Waals surface area contributed by atoms with Crippen molar-refractivity contribution in [3.63, 3.8) is 0 Å². The van der Waals surface area contributed by atoms with E-state index in [9.17, 15) is 0 Å². The third kappa shape index (κ3) is 2.41. The molecule has 0 saturated heterocycles. The Morgan fingerprint density at radius 3 is 2.03 bits per heavy atom. The lowest BCUT2D eigenvalue weighted by Gasteiger charge is -2.28. The van der Waals surface area contributed by atoms with E-state index in [4.69, 9.17) is 0 Å². The van der Waals surface area contributed by atoms with Crippen molar-refractivity contribution >= 4 is 34.4 Å². The van der Waals surface area contributed by atoms with Crippen molar-refractivity contribution in [2.75, 3.05) is 4.90 Å². The van der Waals surface area contributed by atoms with Gasteiger partial charge in [0.2, 0.25) is 0 Å². The molecule has 5 aromatic rings. The molecule has 152 valence electrons. The van der Waals surface area contributed by atoms with Crippen LogP contribution < -0.4 is 15.5 Å². The van der Waals surface area contributed by atoms with Crippen molar-refractivity contribution in [3.05, 3.63) is 125 Å². The average Bonchev–Trinajstić information content (AvgIpc) is 3.36. The zero-order valence-electron chi connectivity index (χ0n) is 17.6. The Labute approximate surface area is 187 Å². The fraction of sp³-hybridized carbons (Fsp3) is 0.0667. The maximum absolute atomic E-state index is 2.51. The van der Waals surface area contributed by atoms with Gasteiger partial charge in [-0.05, 0) is 48.0 Å². The van der Waals surface area contributed by atoms with E-state index >= 15 is 0 Å². The first-order valence-electron chi connectivity index (χ1n) is 11.2. The van der Waals surface area contributed by atoms with E-state index in [2.05, 4.69) is 131 Å². The van der Waals surface area contributed by atoms with Gasteiger partial charge >= 0.3 is 0 Å². The number of rotatable bonds is 2. The zero-order valence-corrected chi connectivity index (χ0v) is 17.6. The molecule has 2 unspecified atom stereocenters. The van der Waals surface area contributed by atoms with Gasteiger partial charge in [-0.2, -0.15) is 0 Å². The first-order chi connectivity index (χ1) is 15.9. The number of para-hydroxylation sites is 4. The van der Waals surface area contributed by atoms with Gasteiger partial charge in [0, 0.05) is 33.6 Å². The van der Waals surface area contributed by atoms with Crippen molar-refractivity contribution < 1.29 is 0 Å². The minimum absolute atomic E-state index is 0.245. The smallest absolute Gasteiger partial charge is 0.0650 e. The number of benzene rings is 4. The van der Waals surface area contributed by atoms with Crippen LogP contribution in [0.25, 0.3) is 28.7 Å². The summed E-state index contributed by atoms with van der Waals surface area (Å²) < 4.78 is 2.42. The normalized spacial score (nSPS) is 18.4. The molecule has 2 heteroatoms. The molecule has 0 spiro atoms. The second-order valence-electron chi connectivity index (χ2n) is 8.60. The standard InChI is InChI=1S/C30H22N2/c1-3-11-21(12-4-1)31-27-17-9-7-15-23(27)25-19-26-24-16-8-10-18-28(24)32(30(26)20-29(25)31)22-13-5-2-6-14-22/h1-20,25,29H. The number of fused-ring (bicyclic) bond motifs is 6. The number of hydrogen-bond donors (Lipinski definition) is 0. The van der Waals surface area contributed by atoms with E-state index in [1.165, 1.54) is 44.1 Å². The van der Waals surface area contributed by atoms with Crippen LogP contribution in [0, 0.1) is 0 Å². The zero-order chi connectivity index (χ0) is 21.1. The molecule has 0 fully saturated rings. The van der Waals surface area contributed by atoms with Gasteiger partial charge in [0.05, 0.1) is 16.9 Å². The molecule has 4 aromatic carbocycles. The van der Waals surface area contributed by atoms with Crippen molar-refractivity contribution in [1.29, 1.82) is 0 Å². The minimum Gasteiger partial charge on any atom is -0.333 e. The fourth-order valence-electron chi connectivity index (χ4n) is 5.58. The van der Waals surface area contributed by atoms with Crippen LogP contribution in [0.1, 0.15) is 11.5 Å². The molecule has 0 amide bonds. The van der Waals surface area contributed by atoms with Crippen molar-refractivity contribution in [3.8, 4) is 5.69 Å². The number of aromatic nitrogens is 1. The van der Waals surface area contributed by atoms with Gasteiger partial charge in [0.25, 0.3) is 0 Å². The van der Waals surface area contributed by atoms with Gasteiger partial charge in [-0.3, -0.25) is 0 Å². The van der Waals surface area contributed by atoms with Crippen LogP contribution in [-0.2, 0) is 0 Å². The van der Waals surface area contributed by atoms with Crippen LogP contribution in [0.3, 0.4) is 0 Å². The third-order valence-corrected chi connectivity index (χ3v) is 6.90. The molecule has 2 atom stereocenters. The first kappa shape index (κ1) is 17.6. The first-order valence-corrected chi connectivity index (χ1v) is 11.2. The average molecular weight is 411 g/mol. The predicted octanol–water partition coefficient (Wildman–Crippen LogP) is 5.51. The lowest BCUT2D eigenvalue weighted by Crippen LogP contribution is -2.40. The minimum atomic E-state index is 0.245. The monoisotopic (exact) mass is 410 g/mol. The molecule has 2 heterocycles. The Balaban J connectivity index is 1.57. The van der Waals surface area contributed by atoms with Gasteiger partial charge in [0.15, 0.2) is 0 Å². The summed E-state index contributed by atoms with van der Waals surface area (Å²) in [6.45, 7) is 0. The van der Waals surface area contributed by atoms with Crippen molar-refractivity contribution in [2.45, 2.75) is 12.0 Å². The molecule has 7 rings (SSSR count). The Kier molecular flexibility index (Phi) is 3.71. The molecule has 1 aliphatic heterocycles. The SMILES string of the molecule is C1=c2c(n(-c3ccccc3)c3ccccc23)=CC2C1c1ccccc1N2c1ccccc1. The maximum atomic E-state index is 2.51. The molecular formula is C30H22N2. The summed E-state index contributed by atoms with van der Waals surface area (Å²) in [7, 11) is 0. The molecule has 32 heavy (non-hydrogen) atoms. The van der Waals surface area contributed by atoms with E-state index in [1.54, 1.807) is 0 Å². The van der Waals surface area contributed by atoms with E-state index in [-0.39, 0.29) is 6.04 Å². The number of nitrogens with zero attached hydrogens (tertiary/aromatic N) is 2. The van der Waals surface area contributed by atoms with E-state index in [1.807, 2.05) is 0 Å². The molecule has 2 nitrogen and oxygen atoms in total. The molecular weight excluding hydrogens is 388 g/mol. The quantitative estimate of drug-likeness (QED) is 0.373. The lowest BCUT2D eigenvalue weighted by atomic mass is 9.90. The molecule has 0 radical (unpaired) electrons. The summed E-state index contributed by atoms with van der Waals surface area (Å²) in [5, 5.41) is 3.94. The van der Waals surface area contributed by atoms with Crippen molar-refractivity contribution in [2.24, 2.45) is 0 Å². The summed E-state index contributed by atoms with van der Waals surface area (Å²) in [5.41, 5.74) is 6.41. The highest BCUT2D eigenvalue weighted by Crippen LogP contribution is 2.47. The fourth-order valence-corrected chi connectivity index (χ4v) is 5.58. The van der Waals surface area contributed by atoms with E-state index in [0.29, 0.717) is 5.92 Å². The molecule has 2 aliphatic rings. The Morgan fingerprint density at radius 2 is 1.22 bits per heavy atom. The van der Waals surface area contributed by atoms with Crippen LogP contribution in [-0.4, -0.2) is 10.6 Å². The highest BCUT2D eigenvalue weighted by atomic mass is 15.2. The van der Waals surface area contributed by atoms with Crippen LogP contribution in [0.15, 0.2) is 109 Å². The van der Waals surface area contributed by atoms with Gasteiger partial charge in [0.1, 0.15) is 0 Å². The van der Waals surface area contributed by atoms with E-state index < -0.39 is 0 Å². The van der Waals surface area contributed by atoms with Crippen LogP contribution in [0.2, 0.25) is 0 Å². The van der Waals surface area contributed by atoms with Crippen LogP contribution >= 0.6 is 0 Å².